The van der Waals surface area contributed by atoms with Crippen LogP contribution in [0.3, 0.4) is 0 Å². The molecule has 0 saturated carbocycles. The molecule has 3 heterocycles. The van der Waals surface area contributed by atoms with Crippen LogP contribution in [0, 0.1) is 6.92 Å². The van der Waals surface area contributed by atoms with Gasteiger partial charge in [0.05, 0.1) is 16.3 Å². The number of carbonyl (C=O) groups excluding carboxylic acids is 1. The molecule has 0 atom stereocenters. The number of likely N-dealkylation sites (N-methyl/N-ethyl adjacent to an activating group) is 1. The predicted octanol–water partition coefficient (Wildman–Crippen LogP) is 3.55. The van der Waals surface area contributed by atoms with Crippen molar-refractivity contribution in [3.05, 3.63) is 45.4 Å². The lowest BCUT2D eigenvalue weighted by molar-refractivity contribution is 0.0669. The Morgan fingerprint density at radius 3 is 2.52 bits per heavy atom. The van der Waals surface area contributed by atoms with Crippen LogP contribution in [0.4, 0.5) is 0 Å². The van der Waals surface area contributed by atoms with E-state index in [2.05, 4.69) is 33.0 Å². The molecule has 1 aromatic carbocycles. The first kappa shape index (κ1) is 16.8. The SMILES string of the molecule is Cc1nn(-c2ccc(Br)cc2)c2sc(C(=O)N3CCN(C)CC3)cc12. The average Bonchev–Trinajstić information content (AvgIpc) is 3.17. The van der Waals surface area contributed by atoms with Crippen molar-refractivity contribution in [3.63, 3.8) is 0 Å². The zero-order valence-electron chi connectivity index (χ0n) is 14.2. The number of nitrogens with zero attached hydrogens (tertiary/aromatic N) is 4. The molecule has 0 aliphatic carbocycles. The molecule has 0 unspecified atom stereocenters. The summed E-state index contributed by atoms with van der Waals surface area (Å²) in [5.74, 6) is 0.135. The number of amides is 1. The quantitative estimate of drug-likeness (QED) is 0.638. The van der Waals surface area contributed by atoms with E-state index in [1.165, 1.54) is 11.3 Å². The van der Waals surface area contributed by atoms with Crippen molar-refractivity contribution in [1.29, 1.82) is 0 Å². The molecule has 5 nitrogen and oxygen atoms in total. The summed E-state index contributed by atoms with van der Waals surface area (Å²) in [6.07, 6.45) is 0. The molecule has 4 rings (SSSR count). The van der Waals surface area contributed by atoms with Gasteiger partial charge in [-0.1, -0.05) is 15.9 Å². The van der Waals surface area contributed by atoms with E-state index in [1.807, 2.05) is 46.8 Å². The van der Waals surface area contributed by atoms with Crippen molar-refractivity contribution in [2.45, 2.75) is 6.92 Å². The Hall–Kier alpha value is -1.70. The largest absolute Gasteiger partial charge is 0.335 e. The lowest BCUT2D eigenvalue weighted by Crippen LogP contribution is -2.46. The molecule has 25 heavy (non-hydrogen) atoms. The fourth-order valence-corrected chi connectivity index (χ4v) is 4.49. The van der Waals surface area contributed by atoms with E-state index >= 15 is 0 Å². The Bertz CT molecular complexity index is 923. The smallest absolute Gasteiger partial charge is 0.264 e. The van der Waals surface area contributed by atoms with Gasteiger partial charge in [0.1, 0.15) is 4.83 Å². The number of benzene rings is 1. The number of halogens is 1. The van der Waals surface area contributed by atoms with Crippen LogP contribution in [0.5, 0.6) is 0 Å². The van der Waals surface area contributed by atoms with Crippen molar-refractivity contribution < 1.29 is 4.79 Å². The highest BCUT2D eigenvalue weighted by Gasteiger charge is 2.23. The average molecular weight is 419 g/mol. The van der Waals surface area contributed by atoms with Gasteiger partial charge in [-0.15, -0.1) is 11.3 Å². The third-order valence-corrected chi connectivity index (χ3v) is 6.24. The molecule has 0 spiro atoms. The van der Waals surface area contributed by atoms with E-state index < -0.39 is 0 Å². The summed E-state index contributed by atoms with van der Waals surface area (Å²) in [5, 5.41) is 5.71. The fraction of sp³-hybridized carbons (Fsp3) is 0.333. The van der Waals surface area contributed by atoms with Crippen molar-refractivity contribution in [3.8, 4) is 5.69 Å². The molecule has 3 aromatic rings. The van der Waals surface area contributed by atoms with Crippen LogP contribution in [0.25, 0.3) is 15.9 Å². The van der Waals surface area contributed by atoms with Crippen LogP contribution in [-0.4, -0.2) is 58.7 Å². The van der Waals surface area contributed by atoms with E-state index in [0.29, 0.717) is 0 Å². The summed E-state index contributed by atoms with van der Waals surface area (Å²) in [5.41, 5.74) is 1.95. The van der Waals surface area contributed by atoms with Crippen molar-refractivity contribution >= 4 is 43.4 Å². The third-order valence-electron chi connectivity index (χ3n) is 4.62. The maximum absolute atomic E-state index is 12.9. The van der Waals surface area contributed by atoms with Gasteiger partial charge in [-0.25, -0.2) is 4.68 Å². The molecule has 1 saturated heterocycles. The number of aromatic nitrogens is 2. The van der Waals surface area contributed by atoms with E-state index in [4.69, 9.17) is 0 Å². The van der Waals surface area contributed by atoms with Gasteiger partial charge in [-0.2, -0.15) is 5.10 Å². The first-order chi connectivity index (χ1) is 12.0. The minimum Gasteiger partial charge on any atom is -0.335 e. The number of rotatable bonds is 2. The number of fused-ring (bicyclic) bond motifs is 1. The van der Waals surface area contributed by atoms with E-state index in [1.54, 1.807) is 0 Å². The van der Waals surface area contributed by atoms with Crippen molar-refractivity contribution in [2.24, 2.45) is 0 Å². The second kappa shape index (κ2) is 6.55. The highest BCUT2D eigenvalue weighted by atomic mass is 79.9. The molecule has 0 radical (unpaired) electrons. The normalized spacial score (nSPS) is 15.9. The first-order valence-electron chi connectivity index (χ1n) is 8.26. The molecule has 7 heteroatoms. The maximum atomic E-state index is 12.9. The number of hydrogen-bond donors (Lipinski definition) is 0. The molecule has 1 aliphatic heterocycles. The Morgan fingerprint density at radius 2 is 1.84 bits per heavy atom. The number of piperazine rings is 1. The van der Waals surface area contributed by atoms with Gasteiger partial charge < -0.3 is 9.80 Å². The summed E-state index contributed by atoms with van der Waals surface area (Å²) < 4.78 is 2.97. The van der Waals surface area contributed by atoms with Gasteiger partial charge in [0.25, 0.3) is 5.91 Å². The van der Waals surface area contributed by atoms with Crippen LogP contribution < -0.4 is 0 Å². The minimum atomic E-state index is 0.135. The molecule has 1 aliphatic rings. The van der Waals surface area contributed by atoms with Gasteiger partial charge in [-0.3, -0.25) is 4.79 Å². The summed E-state index contributed by atoms with van der Waals surface area (Å²) in [4.78, 5) is 18.9. The van der Waals surface area contributed by atoms with Crippen molar-refractivity contribution in [1.82, 2.24) is 19.6 Å². The molecular weight excluding hydrogens is 400 g/mol. The molecule has 2 aromatic heterocycles. The van der Waals surface area contributed by atoms with Crippen LogP contribution >= 0.6 is 27.3 Å². The Labute approximate surface area is 159 Å². The summed E-state index contributed by atoms with van der Waals surface area (Å²) in [7, 11) is 2.09. The lowest BCUT2D eigenvalue weighted by Gasteiger charge is -2.32. The van der Waals surface area contributed by atoms with Crippen LogP contribution in [0.15, 0.2) is 34.8 Å². The first-order valence-corrected chi connectivity index (χ1v) is 9.87. The van der Waals surface area contributed by atoms with E-state index in [0.717, 1.165) is 57.1 Å². The van der Waals surface area contributed by atoms with Gasteiger partial charge in [0.2, 0.25) is 0 Å². The zero-order chi connectivity index (χ0) is 17.6. The van der Waals surface area contributed by atoms with Gasteiger partial charge in [0, 0.05) is 36.0 Å². The highest BCUT2D eigenvalue weighted by molar-refractivity contribution is 9.10. The minimum absolute atomic E-state index is 0.135. The lowest BCUT2D eigenvalue weighted by atomic mass is 10.2. The number of thiophene rings is 1. The van der Waals surface area contributed by atoms with Gasteiger partial charge in [0.15, 0.2) is 0 Å². The predicted molar refractivity (Wildman–Crippen MR) is 105 cm³/mol. The zero-order valence-corrected chi connectivity index (χ0v) is 16.6. The summed E-state index contributed by atoms with van der Waals surface area (Å²) in [6, 6.07) is 10.1. The molecule has 1 amide bonds. The Kier molecular flexibility index (Phi) is 4.39. The number of hydrogen-bond acceptors (Lipinski definition) is 4. The molecule has 1 fully saturated rings. The Balaban J connectivity index is 1.69. The molecule has 0 bridgehead atoms. The molecule has 130 valence electrons. The van der Waals surface area contributed by atoms with E-state index in [9.17, 15) is 4.79 Å². The van der Waals surface area contributed by atoms with Crippen LogP contribution in [0.2, 0.25) is 0 Å². The monoisotopic (exact) mass is 418 g/mol. The van der Waals surface area contributed by atoms with Gasteiger partial charge >= 0.3 is 0 Å². The fourth-order valence-electron chi connectivity index (χ4n) is 3.08. The van der Waals surface area contributed by atoms with Crippen LogP contribution in [0.1, 0.15) is 15.4 Å². The van der Waals surface area contributed by atoms with Gasteiger partial charge in [-0.05, 0) is 44.3 Å². The second-order valence-electron chi connectivity index (χ2n) is 6.40. The Morgan fingerprint density at radius 1 is 1.16 bits per heavy atom. The number of aryl methyl sites for hydroxylation is 1. The van der Waals surface area contributed by atoms with Crippen molar-refractivity contribution in [2.75, 3.05) is 33.2 Å². The highest BCUT2D eigenvalue weighted by Crippen LogP contribution is 2.31. The second-order valence-corrected chi connectivity index (χ2v) is 8.34. The van der Waals surface area contributed by atoms with Crippen LogP contribution in [-0.2, 0) is 0 Å². The maximum Gasteiger partial charge on any atom is 0.264 e. The summed E-state index contributed by atoms with van der Waals surface area (Å²) >= 11 is 4.99. The standard InChI is InChI=1S/C18H19BrN4OS/c1-12-15-11-16(17(24)22-9-7-21(2)8-10-22)25-18(15)23(20-12)14-5-3-13(19)4-6-14/h3-6,11H,7-10H2,1-2H3. The molecule has 0 N–H and O–H groups in total. The van der Waals surface area contributed by atoms with E-state index in [-0.39, 0.29) is 5.91 Å². The number of carbonyl (C=O) groups is 1. The third kappa shape index (κ3) is 3.12. The topological polar surface area (TPSA) is 41.4 Å². The summed E-state index contributed by atoms with van der Waals surface area (Å²) in [6.45, 7) is 5.45. The molecular formula is C18H19BrN4OS.